The third-order valence-electron chi connectivity index (χ3n) is 10.0. The number of aryl methyl sites for hydroxylation is 2. The van der Waals surface area contributed by atoms with Crippen molar-refractivity contribution in [2.45, 2.75) is 64.6 Å². The molecule has 0 bridgehead atoms. The lowest BCUT2D eigenvalue weighted by Gasteiger charge is -2.13. The Morgan fingerprint density at radius 1 is 0.541 bits per heavy atom. The van der Waals surface area contributed by atoms with E-state index in [0.29, 0.717) is 0 Å². The smallest absolute Gasteiger partial charge is 0.0717 e. The molecule has 0 N–H and O–H groups in total. The fourth-order valence-corrected chi connectivity index (χ4v) is 9.27. The number of fused-ring (bicyclic) bond motifs is 5. The molecular formula is C34H40O2S. The van der Waals surface area contributed by atoms with Gasteiger partial charge in [0.25, 0.3) is 0 Å². The van der Waals surface area contributed by atoms with Gasteiger partial charge in [0, 0.05) is 9.75 Å². The molecule has 6 atom stereocenters. The second-order valence-corrected chi connectivity index (χ2v) is 13.2. The van der Waals surface area contributed by atoms with Crippen molar-refractivity contribution < 1.29 is 9.47 Å². The third-order valence-corrected chi connectivity index (χ3v) is 11.4. The van der Waals surface area contributed by atoms with Crippen molar-refractivity contribution in [1.82, 2.24) is 0 Å². The highest BCUT2D eigenvalue weighted by Gasteiger charge is 2.51. The van der Waals surface area contributed by atoms with E-state index in [1.165, 1.54) is 62.5 Å². The maximum Gasteiger partial charge on any atom is 0.0717 e. The fourth-order valence-electron chi connectivity index (χ4n) is 7.84. The average Bonchev–Trinajstić information content (AvgIpc) is 3.74. The summed E-state index contributed by atoms with van der Waals surface area (Å²) in [5.41, 5.74) is 6.16. The number of hydrogen-bond acceptors (Lipinski definition) is 3. The van der Waals surface area contributed by atoms with Gasteiger partial charge < -0.3 is 9.47 Å². The van der Waals surface area contributed by atoms with E-state index in [9.17, 15) is 0 Å². The van der Waals surface area contributed by atoms with E-state index >= 15 is 0 Å². The van der Waals surface area contributed by atoms with Gasteiger partial charge in [0.2, 0.25) is 0 Å². The van der Waals surface area contributed by atoms with E-state index in [1.54, 1.807) is 20.9 Å². The van der Waals surface area contributed by atoms with E-state index in [0.717, 1.165) is 61.9 Å². The molecule has 4 aliphatic carbocycles. The number of rotatable bonds is 8. The lowest BCUT2D eigenvalue weighted by molar-refractivity contribution is 0.105. The van der Waals surface area contributed by atoms with E-state index in [1.807, 2.05) is 0 Å². The summed E-state index contributed by atoms with van der Waals surface area (Å²) in [4.78, 5) is 3.50. The number of hydrogen-bond donors (Lipinski definition) is 0. The second-order valence-electron chi connectivity index (χ2n) is 12.0. The lowest BCUT2D eigenvalue weighted by atomic mass is 9.91. The van der Waals surface area contributed by atoms with Crippen molar-refractivity contribution in [3.8, 4) is 0 Å². The van der Waals surface area contributed by atoms with Crippen molar-refractivity contribution >= 4 is 11.3 Å². The quantitative estimate of drug-likeness (QED) is 0.308. The van der Waals surface area contributed by atoms with Gasteiger partial charge in [-0.05, 0) is 109 Å². The Bertz CT molecular complexity index is 1090. The van der Waals surface area contributed by atoms with E-state index in [4.69, 9.17) is 9.47 Å². The van der Waals surface area contributed by atoms with Gasteiger partial charge in [-0.25, -0.2) is 0 Å². The fraction of sp³-hybridized carbons (Fsp3) is 0.529. The van der Waals surface area contributed by atoms with Crippen LogP contribution in [0.2, 0.25) is 0 Å². The van der Waals surface area contributed by atoms with E-state index in [-0.39, 0.29) is 0 Å². The maximum absolute atomic E-state index is 6.17. The van der Waals surface area contributed by atoms with Crippen LogP contribution in [0.4, 0.5) is 0 Å². The molecule has 1 aromatic heterocycles. The molecule has 3 heteroatoms. The van der Waals surface area contributed by atoms with Crippen LogP contribution in [-0.4, -0.2) is 13.2 Å². The van der Waals surface area contributed by atoms with Crippen molar-refractivity contribution in [2.24, 2.45) is 35.5 Å². The van der Waals surface area contributed by atoms with Gasteiger partial charge in [-0.1, -0.05) is 60.7 Å². The topological polar surface area (TPSA) is 18.5 Å². The van der Waals surface area contributed by atoms with E-state index in [2.05, 4.69) is 72.0 Å². The molecule has 2 saturated carbocycles. The first-order valence-corrected chi connectivity index (χ1v) is 15.5. The number of ether oxygens (including phenoxy) is 2. The summed E-state index contributed by atoms with van der Waals surface area (Å²) in [5, 5.41) is 0. The molecule has 0 spiro atoms. The van der Waals surface area contributed by atoms with Crippen LogP contribution in [0.25, 0.3) is 0 Å². The van der Waals surface area contributed by atoms with E-state index < -0.39 is 0 Å². The van der Waals surface area contributed by atoms with Gasteiger partial charge in [-0.15, -0.1) is 11.3 Å². The lowest BCUT2D eigenvalue weighted by Crippen LogP contribution is -2.04. The SMILES string of the molecule is c1ccc(COC[C@H]2[C@@H]3CCc4c(sc5c4CC[C@H]4[C@@H](CC5)[C@@H]4COCc4ccccc4)CC[C@@H]32)cc1. The molecule has 0 radical (unpaired) electrons. The third kappa shape index (κ3) is 5.20. The standard InChI is InChI=1S/C34H40O2S/c1-3-7-23(8-4-1)19-35-21-31-25-11-13-29-30-14-12-26-28(16-18-34(30)37-33(29)17-15-27(25)31)32(26)22-36-20-24-9-5-2-6-10-24/h1-10,25-28,31-32H,11-22H2/t25-,26+,27+,28-,31+,32-. The summed E-state index contributed by atoms with van der Waals surface area (Å²) in [5.74, 6) is 5.18. The zero-order valence-electron chi connectivity index (χ0n) is 21.9. The van der Waals surface area contributed by atoms with Gasteiger partial charge in [0.1, 0.15) is 0 Å². The monoisotopic (exact) mass is 512 g/mol. The van der Waals surface area contributed by atoms with Crippen molar-refractivity contribution in [3.63, 3.8) is 0 Å². The molecule has 4 aliphatic rings. The van der Waals surface area contributed by atoms with Crippen LogP contribution in [-0.2, 0) is 48.4 Å². The normalized spacial score (nSPS) is 29.9. The van der Waals surface area contributed by atoms with Gasteiger partial charge in [-0.3, -0.25) is 0 Å². The average molecular weight is 513 g/mol. The van der Waals surface area contributed by atoms with Crippen molar-refractivity contribution in [2.75, 3.05) is 13.2 Å². The first-order valence-electron chi connectivity index (χ1n) is 14.7. The highest BCUT2D eigenvalue weighted by Crippen LogP contribution is 2.56. The minimum Gasteiger partial charge on any atom is -0.376 e. The zero-order valence-corrected chi connectivity index (χ0v) is 22.8. The van der Waals surface area contributed by atoms with Crippen LogP contribution >= 0.6 is 11.3 Å². The Hall–Kier alpha value is -1.94. The first-order chi connectivity index (χ1) is 18.3. The first kappa shape index (κ1) is 24.1. The molecular weight excluding hydrogens is 472 g/mol. The Morgan fingerprint density at radius 3 is 1.38 bits per heavy atom. The molecule has 194 valence electrons. The molecule has 3 aromatic rings. The molecule has 2 fully saturated rings. The maximum atomic E-state index is 6.17. The van der Waals surface area contributed by atoms with Crippen LogP contribution in [0.1, 0.15) is 57.7 Å². The molecule has 1 heterocycles. The van der Waals surface area contributed by atoms with Crippen LogP contribution < -0.4 is 0 Å². The Balaban J connectivity index is 0.917. The molecule has 2 aromatic carbocycles. The largest absolute Gasteiger partial charge is 0.376 e. The van der Waals surface area contributed by atoms with Gasteiger partial charge in [-0.2, -0.15) is 0 Å². The van der Waals surface area contributed by atoms with Gasteiger partial charge >= 0.3 is 0 Å². The summed E-state index contributed by atoms with van der Waals surface area (Å²) in [6.45, 7) is 3.43. The molecule has 0 aliphatic heterocycles. The molecule has 0 unspecified atom stereocenters. The number of thiophene rings is 1. The summed E-state index contributed by atoms with van der Waals surface area (Å²) in [6, 6.07) is 21.3. The molecule has 2 nitrogen and oxygen atoms in total. The van der Waals surface area contributed by atoms with Crippen molar-refractivity contribution in [3.05, 3.63) is 92.7 Å². The minimum atomic E-state index is 0.762. The molecule has 0 saturated heterocycles. The predicted octanol–water partition coefficient (Wildman–Crippen LogP) is 7.66. The predicted molar refractivity (Wildman–Crippen MR) is 151 cm³/mol. The highest BCUT2D eigenvalue weighted by atomic mass is 32.1. The molecule has 0 amide bonds. The highest BCUT2D eigenvalue weighted by molar-refractivity contribution is 7.12. The Morgan fingerprint density at radius 2 is 0.946 bits per heavy atom. The summed E-state index contributed by atoms with van der Waals surface area (Å²) in [6.07, 6.45) is 10.8. The Kier molecular flexibility index (Phi) is 6.96. The van der Waals surface area contributed by atoms with Gasteiger partial charge in [0.15, 0.2) is 0 Å². The second kappa shape index (κ2) is 10.7. The van der Waals surface area contributed by atoms with Gasteiger partial charge in [0.05, 0.1) is 26.4 Å². The molecule has 37 heavy (non-hydrogen) atoms. The minimum absolute atomic E-state index is 0.762. The van der Waals surface area contributed by atoms with Crippen LogP contribution in [0.3, 0.4) is 0 Å². The van der Waals surface area contributed by atoms with Crippen LogP contribution in [0.5, 0.6) is 0 Å². The van der Waals surface area contributed by atoms with Crippen LogP contribution in [0, 0.1) is 35.5 Å². The summed E-state index contributed by atoms with van der Waals surface area (Å²) in [7, 11) is 0. The summed E-state index contributed by atoms with van der Waals surface area (Å²) >= 11 is 2.19. The van der Waals surface area contributed by atoms with Crippen molar-refractivity contribution in [1.29, 1.82) is 0 Å². The Labute approximate surface area is 226 Å². The number of benzene rings is 2. The molecule has 7 rings (SSSR count). The van der Waals surface area contributed by atoms with Crippen LogP contribution in [0.15, 0.2) is 60.7 Å². The summed E-state index contributed by atoms with van der Waals surface area (Å²) < 4.78 is 12.3. The zero-order chi connectivity index (χ0) is 24.6.